The normalized spacial score (nSPS) is 11.5. The highest BCUT2D eigenvalue weighted by molar-refractivity contribution is 5.78. The zero-order chi connectivity index (χ0) is 13.3. The number of benzene rings is 2. The maximum absolute atomic E-state index is 12.7. The third-order valence-electron chi connectivity index (χ3n) is 2.63. The van der Waals surface area contributed by atoms with Crippen LogP contribution in [0.15, 0.2) is 42.5 Å². The molecule has 0 heterocycles. The predicted octanol–water partition coefficient (Wildman–Crippen LogP) is 3.54. The van der Waals surface area contributed by atoms with Crippen LogP contribution in [0.3, 0.4) is 0 Å². The highest BCUT2D eigenvalue weighted by Gasteiger charge is 2.33. The van der Waals surface area contributed by atoms with Gasteiger partial charge in [0.05, 0.1) is 5.56 Å². The van der Waals surface area contributed by atoms with Crippen molar-refractivity contribution in [1.29, 1.82) is 0 Å². The van der Waals surface area contributed by atoms with Gasteiger partial charge in [-0.1, -0.05) is 24.3 Å². The molecule has 94 valence electrons. The van der Waals surface area contributed by atoms with Crippen LogP contribution in [-0.4, -0.2) is 0 Å². The summed E-state index contributed by atoms with van der Waals surface area (Å²) in [4.78, 5) is 0. The average Bonchev–Trinajstić information content (AvgIpc) is 2.29. The summed E-state index contributed by atoms with van der Waals surface area (Å²) in [6, 6.07) is 10.5. The summed E-state index contributed by atoms with van der Waals surface area (Å²) >= 11 is 0. The summed E-state index contributed by atoms with van der Waals surface area (Å²) in [5.41, 5.74) is 11.3. The van der Waals surface area contributed by atoms with E-state index in [1.165, 1.54) is 12.1 Å². The van der Waals surface area contributed by atoms with Gasteiger partial charge in [-0.15, -0.1) is 0 Å². The summed E-state index contributed by atoms with van der Waals surface area (Å²) < 4.78 is 38.2. The highest BCUT2D eigenvalue weighted by atomic mass is 19.4. The quantitative estimate of drug-likeness (QED) is 0.763. The van der Waals surface area contributed by atoms with Crippen molar-refractivity contribution >= 4 is 11.4 Å². The molecule has 0 aliphatic heterocycles. The largest absolute Gasteiger partial charge is 0.418 e. The Bertz CT molecular complexity index is 577. The molecule has 2 nitrogen and oxygen atoms in total. The highest BCUT2D eigenvalue weighted by Crippen LogP contribution is 2.37. The first-order valence-corrected chi connectivity index (χ1v) is 5.21. The van der Waals surface area contributed by atoms with E-state index in [0.717, 1.165) is 6.07 Å². The molecule has 2 aromatic carbocycles. The average molecular weight is 252 g/mol. The fraction of sp³-hybridized carbons (Fsp3) is 0.0769. The van der Waals surface area contributed by atoms with Crippen LogP contribution in [0.2, 0.25) is 0 Å². The standard InChI is InChI=1S/C13H11F3N2/c14-13(15,16)10-7-8(5-6-12(10)18)9-3-1-2-4-11(9)17/h1-7H,17-18H2. The van der Waals surface area contributed by atoms with Gasteiger partial charge >= 0.3 is 6.18 Å². The van der Waals surface area contributed by atoms with Gasteiger partial charge in [-0.05, 0) is 23.8 Å². The number of alkyl halides is 3. The Morgan fingerprint density at radius 1 is 0.833 bits per heavy atom. The van der Waals surface area contributed by atoms with Crippen molar-refractivity contribution in [3.63, 3.8) is 0 Å². The molecule has 0 aliphatic rings. The second-order valence-corrected chi connectivity index (χ2v) is 3.89. The fourth-order valence-electron chi connectivity index (χ4n) is 1.73. The molecule has 4 N–H and O–H groups in total. The molecule has 2 aromatic rings. The summed E-state index contributed by atoms with van der Waals surface area (Å²) in [5, 5.41) is 0. The van der Waals surface area contributed by atoms with E-state index in [4.69, 9.17) is 11.5 Å². The molecule has 0 spiro atoms. The molecule has 0 aliphatic carbocycles. The number of nitrogens with two attached hydrogens (primary N) is 2. The SMILES string of the molecule is Nc1ccccc1-c1ccc(N)c(C(F)(F)F)c1. The monoisotopic (exact) mass is 252 g/mol. The molecule has 0 unspecified atom stereocenters. The van der Waals surface area contributed by atoms with Gasteiger partial charge in [0.25, 0.3) is 0 Å². The summed E-state index contributed by atoms with van der Waals surface area (Å²) in [6.45, 7) is 0. The van der Waals surface area contributed by atoms with Crippen molar-refractivity contribution < 1.29 is 13.2 Å². The first-order valence-electron chi connectivity index (χ1n) is 5.21. The van der Waals surface area contributed by atoms with E-state index in [9.17, 15) is 13.2 Å². The minimum Gasteiger partial charge on any atom is -0.398 e. The van der Waals surface area contributed by atoms with Crippen LogP contribution < -0.4 is 11.5 Å². The van der Waals surface area contributed by atoms with Crippen LogP contribution >= 0.6 is 0 Å². The third kappa shape index (κ3) is 2.25. The van der Waals surface area contributed by atoms with Crippen molar-refractivity contribution in [1.82, 2.24) is 0 Å². The number of anilines is 2. The maximum atomic E-state index is 12.7. The smallest absolute Gasteiger partial charge is 0.398 e. The van der Waals surface area contributed by atoms with Crippen LogP contribution in [-0.2, 0) is 6.18 Å². The van der Waals surface area contributed by atoms with E-state index in [1.54, 1.807) is 24.3 Å². The van der Waals surface area contributed by atoms with Crippen molar-refractivity contribution in [2.75, 3.05) is 11.5 Å². The lowest BCUT2D eigenvalue weighted by atomic mass is 10.0. The summed E-state index contributed by atoms with van der Waals surface area (Å²) in [5.74, 6) is 0. The Balaban J connectivity index is 2.58. The Morgan fingerprint density at radius 2 is 1.50 bits per heavy atom. The second-order valence-electron chi connectivity index (χ2n) is 3.89. The van der Waals surface area contributed by atoms with E-state index in [2.05, 4.69) is 0 Å². The van der Waals surface area contributed by atoms with Gasteiger partial charge < -0.3 is 11.5 Å². The van der Waals surface area contributed by atoms with Crippen molar-refractivity contribution in [2.24, 2.45) is 0 Å². The van der Waals surface area contributed by atoms with Crippen LogP contribution in [0.5, 0.6) is 0 Å². The maximum Gasteiger partial charge on any atom is 0.418 e. The number of hydrogen-bond acceptors (Lipinski definition) is 2. The number of nitrogen functional groups attached to an aromatic ring is 2. The van der Waals surface area contributed by atoms with Crippen LogP contribution in [0, 0.1) is 0 Å². The van der Waals surface area contributed by atoms with Crippen molar-refractivity contribution in [2.45, 2.75) is 6.18 Å². The predicted molar refractivity (Wildman–Crippen MR) is 65.7 cm³/mol. The first kappa shape index (κ1) is 12.3. The van der Waals surface area contributed by atoms with Gasteiger partial charge in [-0.2, -0.15) is 13.2 Å². The molecule has 0 aromatic heterocycles. The lowest BCUT2D eigenvalue weighted by molar-refractivity contribution is -0.136. The third-order valence-corrected chi connectivity index (χ3v) is 2.63. The number of rotatable bonds is 1. The van der Waals surface area contributed by atoms with Crippen LogP contribution in [0.4, 0.5) is 24.5 Å². The molecular formula is C13H11F3N2. The molecular weight excluding hydrogens is 241 g/mol. The Hall–Kier alpha value is -2.17. The molecule has 0 saturated heterocycles. The molecule has 0 radical (unpaired) electrons. The van der Waals surface area contributed by atoms with Crippen molar-refractivity contribution in [3.8, 4) is 11.1 Å². The molecule has 2 rings (SSSR count). The Labute approximate surface area is 102 Å². The Kier molecular flexibility index (Phi) is 2.90. The molecule has 0 fully saturated rings. The minimum atomic E-state index is -4.47. The van der Waals surface area contributed by atoms with E-state index in [-0.39, 0.29) is 5.69 Å². The van der Waals surface area contributed by atoms with E-state index in [0.29, 0.717) is 16.8 Å². The first-order chi connectivity index (χ1) is 8.39. The van der Waals surface area contributed by atoms with Gasteiger partial charge in [0.15, 0.2) is 0 Å². The van der Waals surface area contributed by atoms with Gasteiger partial charge in [0.1, 0.15) is 0 Å². The lowest BCUT2D eigenvalue weighted by Gasteiger charge is -2.12. The molecule has 0 saturated carbocycles. The number of hydrogen-bond donors (Lipinski definition) is 2. The van der Waals surface area contributed by atoms with Crippen LogP contribution in [0.25, 0.3) is 11.1 Å². The second kappa shape index (κ2) is 4.25. The zero-order valence-corrected chi connectivity index (χ0v) is 9.33. The van der Waals surface area contributed by atoms with E-state index >= 15 is 0 Å². The van der Waals surface area contributed by atoms with E-state index < -0.39 is 11.7 Å². The van der Waals surface area contributed by atoms with Crippen LogP contribution in [0.1, 0.15) is 5.56 Å². The molecule has 0 bridgehead atoms. The Morgan fingerprint density at radius 3 is 2.11 bits per heavy atom. The lowest BCUT2D eigenvalue weighted by Crippen LogP contribution is -2.09. The number of halogens is 3. The molecule has 0 atom stereocenters. The fourth-order valence-corrected chi connectivity index (χ4v) is 1.73. The van der Waals surface area contributed by atoms with Gasteiger partial charge in [0.2, 0.25) is 0 Å². The van der Waals surface area contributed by atoms with Gasteiger partial charge in [-0.25, -0.2) is 0 Å². The topological polar surface area (TPSA) is 52.0 Å². The van der Waals surface area contributed by atoms with Crippen molar-refractivity contribution in [3.05, 3.63) is 48.0 Å². The zero-order valence-electron chi connectivity index (χ0n) is 9.33. The van der Waals surface area contributed by atoms with Gasteiger partial charge in [-0.3, -0.25) is 0 Å². The number of para-hydroxylation sites is 1. The molecule has 5 heteroatoms. The molecule has 0 amide bonds. The minimum absolute atomic E-state index is 0.291. The summed E-state index contributed by atoms with van der Waals surface area (Å²) in [6.07, 6.45) is -4.47. The summed E-state index contributed by atoms with van der Waals surface area (Å²) in [7, 11) is 0. The van der Waals surface area contributed by atoms with Gasteiger partial charge in [0, 0.05) is 16.9 Å². The van der Waals surface area contributed by atoms with E-state index in [1.807, 2.05) is 0 Å². The molecule has 18 heavy (non-hydrogen) atoms.